The molecule has 0 amide bonds. The van der Waals surface area contributed by atoms with E-state index in [1.54, 1.807) is 0 Å². The molecule has 0 spiro atoms. The molecular formula is C13H16. The summed E-state index contributed by atoms with van der Waals surface area (Å²) in [5, 5.41) is 0. The Morgan fingerprint density at radius 2 is 2.15 bits per heavy atom. The maximum Gasteiger partial charge on any atom is -0.00213 e. The van der Waals surface area contributed by atoms with Crippen molar-refractivity contribution in [3.8, 4) is 0 Å². The van der Waals surface area contributed by atoms with E-state index in [1.165, 1.54) is 11.1 Å². The summed E-state index contributed by atoms with van der Waals surface area (Å²) in [7, 11) is 0. The maximum atomic E-state index is 3.15. The summed E-state index contributed by atoms with van der Waals surface area (Å²) in [6.45, 7) is 4.24. The Morgan fingerprint density at radius 3 is 2.85 bits per heavy atom. The average Bonchev–Trinajstić information content (AvgIpc) is 2.13. The monoisotopic (exact) mass is 172 g/mol. The van der Waals surface area contributed by atoms with Crippen LogP contribution < -0.4 is 0 Å². The van der Waals surface area contributed by atoms with Gasteiger partial charge in [0, 0.05) is 0 Å². The summed E-state index contributed by atoms with van der Waals surface area (Å²) < 4.78 is 0. The van der Waals surface area contributed by atoms with Crippen molar-refractivity contribution in [1.29, 1.82) is 0 Å². The van der Waals surface area contributed by atoms with E-state index < -0.39 is 0 Å². The molecule has 0 aliphatic carbocycles. The van der Waals surface area contributed by atoms with Crippen molar-refractivity contribution >= 4 is 0 Å². The number of allylic oxidation sites excluding steroid dienone is 1. The van der Waals surface area contributed by atoms with Gasteiger partial charge < -0.3 is 0 Å². The van der Waals surface area contributed by atoms with E-state index in [4.69, 9.17) is 0 Å². The van der Waals surface area contributed by atoms with E-state index >= 15 is 0 Å². The molecule has 0 heterocycles. The molecule has 13 heavy (non-hydrogen) atoms. The van der Waals surface area contributed by atoms with Gasteiger partial charge in [-0.2, -0.15) is 0 Å². The van der Waals surface area contributed by atoms with Gasteiger partial charge in [-0.3, -0.25) is 0 Å². The van der Waals surface area contributed by atoms with Gasteiger partial charge in [-0.25, -0.2) is 0 Å². The summed E-state index contributed by atoms with van der Waals surface area (Å²) in [5.41, 5.74) is 5.84. The van der Waals surface area contributed by atoms with E-state index in [9.17, 15) is 0 Å². The van der Waals surface area contributed by atoms with Crippen LogP contribution in [-0.2, 0) is 6.42 Å². The van der Waals surface area contributed by atoms with Gasteiger partial charge in [0.2, 0.25) is 0 Å². The predicted octanol–water partition coefficient (Wildman–Crippen LogP) is 3.66. The number of benzene rings is 1. The van der Waals surface area contributed by atoms with Crippen molar-refractivity contribution in [3.05, 3.63) is 53.3 Å². The first kappa shape index (κ1) is 9.83. The highest BCUT2D eigenvalue weighted by Gasteiger charge is 1.88. The van der Waals surface area contributed by atoms with Crippen LogP contribution in [0.5, 0.6) is 0 Å². The largest absolute Gasteiger partial charge is 0.129 e. The molecule has 0 fully saturated rings. The Kier molecular flexibility index (Phi) is 4.08. The molecule has 1 rings (SSSR count). The standard InChI is InChI=1S/C13H16/c1-3-4-5-6-9-13-10-7-8-12(2)11-13/h4,6-8,10-11H,3,9H2,1-2H3. The molecule has 0 nitrogen and oxygen atoms in total. The van der Waals surface area contributed by atoms with Crippen LogP contribution in [0.15, 0.2) is 42.1 Å². The molecule has 0 aliphatic heterocycles. The first-order valence-corrected chi connectivity index (χ1v) is 4.78. The maximum absolute atomic E-state index is 3.15. The fourth-order valence-corrected chi connectivity index (χ4v) is 1.22. The number of hydrogen-bond donors (Lipinski definition) is 0. The molecule has 0 unspecified atom stereocenters. The van der Waals surface area contributed by atoms with Crippen LogP contribution in [0.4, 0.5) is 0 Å². The van der Waals surface area contributed by atoms with Crippen LogP contribution in [0.1, 0.15) is 24.5 Å². The molecule has 0 aliphatic rings. The van der Waals surface area contributed by atoms with Gasteiger partial charge in [-0.15, -0.1) is 5.73 Å². The first-order valence-electron chi connectivity index (χ1n) is 4.78. The smallest absolute Gasteiger partial charge is 0.00213 e. The molecule has 0 atom stereocenters. The molecular weight excluding hydrogens is 156 g/mol. The van der Waals surface area contributed by atoms with Crippen molar-refractivity contribution in [2.24, 2.45) is 0 Å². The summed E-state index contributed by atoms with van der Waals surface area (Å²) in [4.78, 5) is 0. The van der Waals surface area contributed by atoms with Gasteiger partial charge in [0.25, 0.3) is 0 Å². The van der Waals surface area contributed by atoms with Gasteiger partial charge in [0.05, 0.1) is 0 Å². The van der Waals surface area contributed by atoms with Gasteiger partial charge >= 0.3 is 0 Å². The van der Waals surface area contributed by atoms with E-state index in [0.717, 1.165) is 12.8 Å². The summed E-state index contributed by atoms with van der Waals surface area (Å²) in [5.74, 6) is 0. The summed E-state index contributed by atoms with van der Waals surface area (Å²) >= 11 is 0. The van der Waals surface area contributed by atoms with Crippen molar-refractivity contribution in [1.82, 2.24) is 0 Å². The lowest BCUT2D eigenvalue weighted by Crippen LogP contribution is -1.80. The normalized spacial score (nSPS) is 9.08. The van der Waals surface area contributed by atoms with Gasteiger partial charge in [-0.05, 0) is 37.5 Å². The molecule has 68 valence electrons. The van der Waals surface area contributed by atoms with Gasteiger partial charge in [-0.1, -0.05) is 36.8 Å². The molecule has 1 aromatic rings. The zero-order chi connectivity index (χ0) is 9.52. The summed E-state index contributed by atoms with van der Waals surface area (Å²) in [6, 6.07) is 8.58. The number of aryl methyl sites for hydroxylation is 1. The van der Waals surface area contributed by atoms with Crippen molar-refractivity contribution in [2.45, 2.75) is 26.7 Å². The fourth-order valence-electron chi connectivity index (χ4n) is 1.22. The minimum atomic E-state index is 0.984. The lowest BCUT2D eigenvalue weighted by atomic mass is 10.1. The fraction of sp³-hybridized carbons (Fsp3) is 0.308. The Hall–Kier alpha value is -1.26. The van der Waals surface area contributed by atoms with E-state index in [0.29, 0.717) is 0 Å². The molecule has 0 bridgehead atoms. The van der Waals surface area contributed by atoms with E-state index in [-0.39, 0.29) is 0 Å². The second-order valence-corrected chi connectivity index (χ2v) is 3.18. The zero-order valence-electron chi connectivity index (χ0n) is 8.38. The third kappa shape index (κ3) is 3.78. The lowest BCUT2D eigenvalue weighted by molar-refractivity contribution is 1.21. The molecule has 0 saturated heterocycles. The minimum absolute atomic E-state index is 0.984. The highest BCUT2D eigenvalue weighted by atomic mass is 13.9. The second-order valence-electron chi connectivity index (χ2n) is 3.18. The van der Waals surface area contributed by atoms with E-state index in [1.807, 2.05) is 0 Å². The molecule has 0 aromatic heterocycles. The second kappa shape index (κ2) is 5.40. The van der Waals surface area contributed by atoms with Crippen LogP contribution in [0.2, 0.25) is 0 Å². The Morgan fingerprint density at radius 1 is 1.31 bits per heavy atom. The zero-order valence-corrected chi connectivity index (χ0v) is 8.38. The Bertz CT molecular complexity index is 315. The van der Waals surface area contributed by atoms with Gasteiger partial charge in [0.1, 0.15) is 0 Å². The van der Waals surface area contributed by atoms with Crippen LogP contribution in [0.3, 0.4) is 0 Å². The van der Waals surface area contributed by atoms with Crippen LogP contribution in [0.25, 0.3) is 0 Å². The molecule has 1 aromatic carbocycles. The molecule has 0 heteroatoms. The average molecular weight is 172 g/mol. The molecule has 0 N–H and O–H groups in total. The topological polar surface area (TPSA) is 0 Å². The van der Waals surface area contributed by atoms with Crippen LogP contribution >= 0.6 is 0 Å². The molecule has 0 radical (unpaired) electrons. The number of rotatable bonds is 3. The van der Waals surface area contributed by atoms with Gasteiger partial charge in [0.15, 0.2) is 0 Å². The third-order valence-corrected chi connectivity index (χ3v) is 1.86. The van der Waals surface area contributed by atoms with Crippen molar-refractivity contribution in [3.63, 3.8) is 0 Å². The van der Waals surface area contributed by atoms with Crippen LogP contribution in [-0.4, -0.2) is 0 Å². The van der Waals surface area contributed by atoms with E-state index in [2.05, 4.69) is 56.0 Å². The quantitative estimate of drug-likeness (QED) is 0.610. The lowest BCUT2D eigenvalue weighted by Gasteiger charge is -1.96. The Balaban J connectivity index is 2.59. The predicted molar refractivity (Wildman–Crippen MR) is 57.8 cm³/mol. The summed E-state index contributed by atoms with van der Waals surface area (Å²) in [6.07, 6.45) is 6.18. The SMILES string of the molecule is CCC=C=CCc1cccc(C)c1. The van der Waals surface area contributed by atoms with Crippen molar-refractivity contribution in [2.75, 3.05) is 0 Å². The van der Waals surface area contributed by atoms with Crippen LogP contribution in [0, 0.1) is 6.92 Å². The molecule has 0 saturated carbocycles. The van der Waals surface area contributed by atoms with Crippen molar-refractivity contribution < 1.29 is 0 Å². The third-order valence-electron chi connectivity index (χ3n) is 1.86. The Labute approximate surface area is 80.6 Å². The highest BCUT2D eigenvalue weighted by Crippen LogP contribution is 2.04. The first-order chi connectivity index (χ1) is 6.33. The minimum Gasteiger partial charge on any atom is -0.129 e. The number of hydrogen-bond acceptors (Lipinski definition) is 0. The highest BCUT2D eigenvalue weighted by molar-refractivity contribution is 5.23.